The number of aliphatic carboxylic acids is 1. The molecule has 1 fully saturated rings. The summed E-state index contributed by atoms with van der Waals surface area (Å²) in [7, 11) is -3.12. The number of carbonyl (C=O) groups is 2. The number of halogens is 1. The molecule has 6 nitrogen and oxygen atoms in total. The Balaban J connectivity index is 2.25. The summed E-state index contributed by atoms with van der Waals surface area (Å²) in [4.78, 5) is 24.6. The van der Waals surface area contributed by atoms with E-state index in [1.54, 1.807) is 6.92 Å². The Bertz CT molecular complexity index is 717. The van der Waals surface area contributed by atoms with Crippen LogP contribution in [0.25, 0.3) is 0 Å². The van der Waals surface area contributed by atoms with Crippen LogP contribution in [0.2, 0.25) is 0 Å². The highest BCUT2D eigenvalue weighted by Crippen LogP contribution is 2.25. The monoisotopic (exact) mass is 343 g/mol. The predicted octanol–water partition coefficient (Wildman–Crippen LogP) is 1.38. The number of nitrogens with zero attached hydrogens (tertiary/aromatic N) is 1. The summed E-state index contributed by atoms with van der Waals surface area (Å²) in [6, 6.07) is 4.08. The second-order valence-corrected chi connectivity index (χ2v) is 7.98. The normalized spacial score (nSPS) is 17.7. The van der Waals surface area contributed by atoms with Gasteiger partial charge in [-0.2, -0.15) is 0 Å². The molecule has 0 bridgehead atoms. The molecule has 2 rings (SSSR count). The number of sulfone groups is 1. The van der Waals surface area contributed by atoms with E-state index in [4.69, 9.17) is 5.11 Å². The van der Waals surface area contributed by atoms with Gasteiger partial charge in [-0.3, -0.25) is 9.59 Å². The van der Waals surface area contributed by atoms with Crippen molar-refractivity contribution in [1.29, 1.82) is 0 Å². The number of anilines is 1. The third kappa shape index (κ3) is 4.28. The van der Waals surface area contributed by atoms with Gasteiger partial charge in [0, 0.05) is 11.6 Å². The van der Waals surface area contributed by atoms with Crippen molar-refractivity contribution >= 4 is 27.4 Å². The Labute approximate surface area is 133 Å². The fourth-order valence-corrected chi connectivity index (χ4v) is 4.03. The lowest BCUT2D eigenvalue weighted by Gasteiger charge is -2.28. The molecule has 1 N–H and O–H groups in total. The van der Waals surface area contributed by atoms with E-state index in [0.717, 1.165) is 11.0 Å². The molecule has 1 aromatic carbocycles. The first-order chi connectivity index (χ1) is 10.7. The maximum atomic E-state index is 13.7. The first-order valence-corrected chi connectivity index (χ1v) is 9.01. The van der Waals surface area contributed by atoms with Crippen molar-refractivity contribution in [2.24, 2.45) is 5.92 Å². The molecule has 126 valence electrons. The topological polar surface area (TPSA) is 91.8 Å². The van der Waals surface area contributed by atoms with Crippen LogP contribution in [0.3, 0.4) is 0 Å². The van der Waals surface area contributed by atoms with Crippen LogP contribution >= 0.6 is 0 Å². The second-order valence-electron chi connectivity index (χ2n) is 5.68. The van der Waals surface area contributed by atoms with Gasteiger partial charge in [0.1, 0.15) is 22.2 Å². The molecular weight excluding hydrogens is 325 g/mol. The molecule has 0 atom stereocenters. The summed E-state index contributed by atoms with van der Waals surface area (Å²) >= 11 is 0. The van der Waals surface area contributed by atoms with Crippen molar-refractivity contribution < 1.29 is 27.5 Å². The largest absolute Gasteiger partial charge is 0.480 e. The number of carbonyl (C=O) groups excluding carboxylic acids is 1. The standard InChI is InChI=1S/C15H18FNO5S/c1-10-2-3-12(8-13(10)16)17(9-14(18)19)15(20)11-4-6-23(21,22)7-5-11/h2-3,8,11H,4-7,9H2,1H3,(H,18,19). The Morgan fingerprint density at radius 2 is 1.91 bits per heavy atom. The van der Waals surface area contributed by atoms with Gasteiger partial charge < -0.3 is 10.0 Å². The molecule has 1 aromatic rings. The van der Waals surface area contributed by atoms with E-state index in [1.165, 1.54) is 12.1 Å². The number of benzene rings is 1. The molecule has 0 aromatic heterocycles. The van der Waals surface area contributed by atoms with Crippen molar-refractivity contribution in [3.63, 3.8) is 0 Å². The zero-order valence-electron chi connectivity index (χ0n) is 12.7. The molecule has 0 radical (unpaired) electrons. The van der Waals surface area contributed by atoms with Gasteiger partial charge in [-0.15, -0.1) is 0 Å². The van der Waals surface area contributed by atoms with Gasteiger partial charge in [0.15, 0.2) is 0 Å². The number of hydrogen-bond acceptors (Lipinski definition) is 4. The van der Waals surface area contributed by atoms with Crippen molar-refractivity contribution in [2.45, 2.75) is 19.8 Å². The Morgan fingerprint density at radius 3 is 2.43 bits per heavy atom. The molecule has 1 aliphatic rings. The van der Waals surface area contributed by atoms with E-state index < -0.39 is 40.0 Å². The lowest BCUT2D eigenvalue weighted by Crippen LogP contribution is -2.42. The highest BCUT2D eigenvalue weighted by molar-refractivity contribution is 7.91. The number of aryl methyl sites for hydroxylation is 1. The summed E-state index contributed by atoms with van der Waals surface area (Å²) in [5, 5.41) is 9.02. The second kappa shape index (κ2) is 6.66. The predicted molar refractivity (Wildman–Crippen MR) is 82.5 cm³/mol. The van der Waals surface area contributed by atoms with Crippen molar-refractivity contribution in [2.75, 3.05) is 23.0 Å². The summed E-state index contributed by atoms with van der Waals surface area (Å²) in [5.41, 5.74) is 0.550. The zero-order valence-corrected chi connectivity index (χ0v) is 13.5. The molecule has 0 unspecified atom stereocenters. The molecule has 8 heteroatoms. The number of hydrogen-bond donors (Lipinski definition) is 1. The molecule has 1 saturated heterocycles. The minimum Gasteiger partial charge on any atom is -0.480 e. The average molecular weight is 343 g/mol. The van der Waals surface area contributed by atoms with Crippen molar-refractivity contribution in [3.8, 4) is 0 Å². The molecule has 0 aliphatic carbocycles. The van der Waals surface area contributed by atoms with Gasteiger partial charge in [-0.05, 0) is 37.5 Å². The first kappa shape index (κ1) is 17.4. The molecule has 0 saturated carbocycles. The fraction of sp³-hybridized carbons (Fsp3) is 0.467. The van der Waals surface area contributed by atoms with Gasteiger partial charge in [-0.25, -0.2) is 12.8 Å². The van der Waals surface area contributed by atoms with Gasteiger partial charge >= 0.3 is 5.97 Å². The van der Waals surface area contributed by atoms with Gasteiger partial charge in [0.2, 0.25) is 5.91 Å². The Hall–Kier alpha value is -1.96. The summed E-state index contributed by atoms with van der Waals surface area (Å²) < 4.78 is 36.6. The number of amides is 1. The maximum absolute atomic E-state index is 13.7. The maximum Gasteiger partial charge on any atom is 0.323 e. The lowest BCUT2D eigenvalue weighted by atomic mass is 10.0. The first-order valence-electron chi connectivity index (χ1n) is 7.19. The fourth-order valence-electron chi connectivity index (χ4n) is 2.54. The number of rotatable bonds is 4. The minimum absolute atomic E-state index is 0.0907. The average Bonchev–Trinajstić information content (AvgIpc) is 2.47. The van der Waals surface area contributed by atoms with Crippen LogP contribution in [0.15, 0.2) is 18.2 Å². The minimum atomic E-state index is -3.12. The molecule has 1 amide bonds. The molecule has 1 heterocycles. The van der Waals surface area contributed by atoms with Crippen molar-refractivity contribution in [3.05, 3.63) is 29.6 Å². The SMILES string of the molecule is Cc1ccc(N(CC(=O)O)C(=O)C2CCS(=O)(=O)CC2)cc1F. The lowest BCUT2D eigenvalue weighted by molar-refractivity contribution is -0.137. The van der Waals surface area contributed by atoms with E-state index in [-0.39, 0.29) is 30.0 Å². The Morgan fingerprint density at radius 1 is 1.30 bits per heavy atom. The summed E-state index contributed by atoms with van der Waals surface area (Å²) in [6.07, 6.45) is 0.317. The van der Waals surface area contributed by atoms with Gasteiger partial charge in [0.25, 0.3) is 0 Å². The van der Waals surface area contributed by atoms with Crippen LogP contribution < -0.4 is 4.90 Å². The third-order valence-corrected chi connectivity index (χ3v) is 5.65. The summed E-state index contributed by atoms with van der Waals surface area (Å²) in [6.45, 7) is 0.971. The molecule has 0 spiro atoms. The van der Waals surface area contributed by atoms with E-state index >= 15 is 0 Å². The highest BCUT2D eigenvalue weighted by Gasteiger charge is 2.32. The smallest absolute Gasteiger partial charge is 0.323 e. The third-order valence-electron chi connectivity index (χ3n) is 3.93. The molecule has 1 aliphatic heterocycles. The van der Waals surface area contributed by atoms with Crippen LogP contribution in [0.5, 0.6) is 0 Å². The van der Waals surface area contributed by atoms with E-state index in [2.05, 4.69) is 0 Å². The quantitative estimate of drug-likeness (QED) is 0.892. The van der Waals surface area contributed by atoms with Crippen molar-refractivity contribution in [1.82, 2.24) is 0 Å². The molecule has 23 heavy (non-hydrogen) atoms. The molecular formula is C15H18FNO5S. The Kier molecular flexibility index (Phi) is 5.03. The van der Waals surface area contributed by atoms with Crippen LogP contribution in [-0.2, 0) is 19.4 Å². The van der Waals surface area contributed by atoms with Gasteiger partial charge in [0.05, 0.1) is 11.5 Å². The van der Waals surface area contributed by atoms with Crippen LogP contribution in [0, 0.1) is 18.7 Å². The van der Waals surface area contributed by atoms with E-state index in [9.17, 15) is 22.4 Å². The summed E-state index contributed by atoms with van der Waals surface area (Å²) in [5.74, 6) is -2.98. The highest BCUT2D eigenvalue weighted by atomic mass is 32.2. The van der Waals surface area contributed by atoms with Gasteiger partial charge in [-0.1, -0.05) is 6.07 Å². The zero-order chi connectivity index (χ0) is 17.2. The van der Waals surface area contributed by atoms with Crippen LogP contribution in [-0.4, -0.2) is 43.5 Å². The van der Waals surface area contributed by atoms with E-state index in [0.29, 0.717) is 5.56 Å². The van der Waals surface area contributed by atoms with Crippen LogP contribution in [0.1, 0.15) is 18.4 Å². The number of carboxylic acids is 1. The van der Waals surface area contributed by atoms with Crippen LogP contribution in [0.4, 0.5) is 10.1 Å². The number of carboxylic acid groups (broad SMARTS) is 1. The van der Waals surface area contributed by atoms with E-state index in [1.807, 2.05) is 0 Å².